The molecule has 6 heteroatoms. The predicted octanol–water partition coefficient (Wildman–Crippen LogP) is 4.50. The normalized spacial score (nSPS) is 32.6. The molecule has 2 saturated carbocycles. The van der Waals surface area contributed by atoms with Gasteiger partial charge in [0.1, 0.15) is 0 Å². The number of nitrogens with one attached hydrogen (secondary N) is 1. The fourth-order valence-electron chi connectivity index (χ4n) is 5.49. The van der Waals surface area contributed by atoms with Gasteiger partial charge in [-0.15, -0.1) is 0 Å². The van der Waals surface area contributed by atoms with Crippen LogP contribution in [0.25, 0.3) is 0 Å². The SMILES string of the molecule is CCO[C@H]1OC(C(=O)NC2CC3CCC2C3)=C[C@@H](c2ccc(Br)cc2)[C@@H]1CCCO. The van der Waals surface area contributed by atoms with E-state index in [9.17, 15) is 9.90 Å². The summed E-state index contributed by atoms with van der Waals surface area (Å²) >= 11 is 3.50. The highest BCUT2D eigenvalue weighted by Crippen LogP contribution is 2.45. The van der Waals surface area contributed by atoms with Crippen LogP contribution >= 0.6 is 15.9 Å². The van der Waals surface area contributed by atoms with E-state index in [-0.39, 0.29) is 30.4 Å². The Bertz CT molecular complexity index is 765. The van der Waals surface area contributed by atoms with E-state index in [1.807, 2.05) is 25.1 Å². The van der Waals surface area contributed by atoms with Crippen LogP contribution in [0.15, 0.2) is 40.6 Å². The molecule has 3 unspecified atom stereocenters. The largest absolute Gasteiger partial charge is 0.459 e. The topological polar surface area (TPSA) is 67.8 Å². The highest BCUT2D eigenvalue weighted by atomic mass is 79.9. The number of carbonyl (C=O) groups is 1. The second-order valence-electron chi connectivity index (χ2n) is 8.83. The Morgan fingerprint density at radius 2 is 2.07 bits per heavy atom. The minimum atomic E-state index is -0.499. The van der Waals surface area contributed by atoms with Crippen molar-refractivity contribution in [3.05, 3.63) is 46.1 Å². The summed E-state index contributed by atoms with van der Waals surface area (Å²) in [4.78, 5) is 13.1. The maximum Gasteiger partial charge on any atom is 0.286 e. The minimum absolute atomic E-state index is 0.00395. The molecule has 2 aliphatic carbocycles. The quantitative estimate of drug-likeness (QED) is 0.578. The number of fused-ring (bicyclic) bond motifs is 2. The molecule has 30 heavy (non-hydrogen) atoms. The van der Waals surface area contributed by atoms with Gasteiger partial charge in [-0.1, -0.05) is 34.5 Å². The molecule has 2 bridgehead atoms. The van der Waals surface area contributed by atoms with Crippen molar-refractivity contribution in [1.82, 2.24) is 5.32 Å². The number of allylic oxidation sites excluding steroid dienone is 1. The number of halogens is 1. The van der Waals surface area contributed by atoms with Gasteiger partial charge in [-0.25, -0.2) is 0 Å². The van der Waals surface area contributed by atoms with Crippen LogP contribution in [0.1, 0.15) is 56.9 Å². The maximum absolute atomic E-state index is 13.1. The van der Waals surface area contributed by atoms with E-state index in [4.69, 9.17) is 9.47 Å². The first-order chi connectivity index (χ1) is 14.6. The van der Waals surface area contributed by atoms with Gasteiger partial charge in [0.15, 0.2) is 5.76 Å². The van der Waals surface area contributed by atoms with Crippen LogP contribution in [0.5, 0.6) is 0 Å². The molecule has 0 aromatic heterocycles. The summed E-state index contributed by atoms with van der Waals surface area (Å²) < 4.78 is 13.1. The minimum Gasteiger partial charge on any atom is -0.459 e. The van der Waals surface area contributed by atoms with E-state index in [1.54, 1.807) is 0 Å². The molecule has 1 aromatic rings. The number of hydrogen-bond donors (Lipinski definition) is 2. The Hall–Kier alpha value is -1.37. The average Bonchev–Trinajstić information content (AvgIpc) is 3.36. The molecule has 0 saturated heterocycles. The molecule has 3 aliphatic rings. The van der Waals surface area contributed by atoms with Crippen LogP contribution in [0.3, 0.4) is 0 Å². The highest BCUT2D eigenvalue weighted by Gasteiger charge is 2.42. The van der Waals surface area contributed by atoms with Crippen LogP contribution in [-0.2, 0) is 14.3 Å². The third kappa shape index (κ3) is 4.76. The van der Waals surface area contributed by atoms with Crippen molar-refractivity contribution in [2.75, 3.05) is 13.2 Å². The maximum atomic E-state index is 13.1. The molecule has 5 nitrogen and oxygen atoms in total. The lowest BCUT2D eigenvalue weighted by molar-refractivity contribution is -0.167. The molecule has 2 N–H and O–H groups in total. The van der Waals surface area contributed by atoms with Crippen LogP contribution < -0.4 is 5.32 Å². The van der Waals surface area contributed by atoms with Crippen molar-refractivity contribution in [1.29, 1.82) is 0 Å². The van der Waals surface area contributed by atoms with E-state index >= 15 is 0 Å². The second kappa shape index (κ2) is 9.84. The molecule has 0 spiro atoms. The first-order valence-corrected chi connectivity index (χ1v) is 12.1. The number of aliphatic hydroxyl groups excluding tert-OH is 1. The van der Waals surface area contributed by atoms with Crippen LogP contribution in [-0.4, -0.2) is 36.6 Å². The Morgan fingerprint density at radius 1 is 1.27 bits per heavy atom. The zero-order valence-electron chi connectivity index (χ0n) is 17.6. The molecule has 1 aliphatic heterocycles. The lowest BCUT2D eigenvalue weighted by Gasteiger charge is -2.37. The third-order valence-corrected chi connectivity index (χ3v) is 7.47. The van der Waals surface area contributed by atoms with Gasteiger partial charge < -0.3 is 19.9 Å². The van der Waals surface area contributed by atoms with E-state index in [0.29, 0.717) is 24.7 Å². The molecule has 164 valence electrons. The van der Waals surface area contributed by atoms with Gasteiger partial charge in [0, 0.05) is 35.6 Å². The lowest BCUT2D eigenvalue weighted by atomic mass is 9.80. The molecule has 0 radical (unpaired) electrons. The first-order valence-electron chi connectivity index (χ1n) is 11.3. The summed E-state index contributed by atoms with van der Waals surface area (Å²) in [6.45, 7) is 2.58. The van der Waals surface area contributed by atoms with Crippen LogP contribution in [0, 0.1) is 17.8 Å². The number of rotatable bonds is 8. The van der Waals surface area contributed by atoms with Gasteiger partial charge >= 0.3 is 0 Å². The standard InChI is InChI=1S/C24H32BrNO4/c1-2-29-24-19(4-3-11-27)20(16-7-9-18(25)10-8-16)14-22(30-24)23(28)26-21-13-15-5-6-17(21)12-15/h7-10,14-15,17,19-21,24,27H,2-6,11-13H2,1H3,(H,26,28)/t15?,17?,19-,20-,21?,24-/m0/s1. The van der Waals surface area contributed by atoms with E-state index in [0.717, 1.165) is 28.8 Å². The van der Waals surface area contributed by atoms with Gasteiger partial charge in [0.2, 0.25) is 6.29 Å². The van der Waals surface area contributed by atoms with Gasteiger partial charge in [-0.2, -0.15) is 0 Å². The number of carbonyl (C=O) groups excluding carboxylic acids is 1. The molecule has 4 rings (SSSR count). The first kappa shape index (κ1) is 21.8. The van der Waals surface area contributed by atoms with E-state index in [1.165, 1.54) is 19.3 Å². The van der Waals surface area contributed by atoms with Crippen molar-refractivity contribution in [2.45, 2.75) is 63.7 Å². The van der Waals surface area contributed by atoms with Gasteiger partial charge in [0.25, 0.3) is 5.91 Å². The van der Waals surface area contributed by atoms with Crippen molar-refractivity contribution in [3.63, 3.8) is 0 Å². The van der Waals surface area contributed by atoms with Crippen molar-refractivity contribution >= 4 is 21.8 Å². The zero-order valence-corrected chi connectivity index (χ0v) is 19.1. The summed E-state index contributed by atoms with van der Waals surface area (Å²) in [5.74, 6) is 1.67. The van der Waals surface area contributed by atoms with Gasteiger partial charge in [0.05, 0.1) is 0 Å². The van der Waals surface area contributed by atoms with E-state index < -0.39 is 6.29 Å². The van der Waals surface area contributed by atoms with Crippen LogP contribution in [0.4, 0.5) is 0 Å². The summed E-state index contributed by atoms with van der Waals surface area (Å²) in [5, 5.41) is 12.6. The number of amides is 1. The van der Waals surface area contributed by atoms with Crippen LogP contribution in [0.2, 0.25) is 0 Å². The third-order valence-electron chi connectivity index (χ3n) is 6.94. The van der Waals surface area contributed by atoms with Gasteiger partial charge in [-0.3, -0.25) is 4.79 Å². The molecular formula is C24H32BrNO4. The fraction of sp³-hybridized carbons (Fsp3) is 0.625. The van der Waals surface area contributed by atoms with Crippen molar-refractivity contribution < 1.29 is 19.4 Å². The summed E-state index contributed by atoms with van der Waals surface area (Å²) in [5.41, 5.74) is 1.12. The Balaban J connectivity index is 1.58. The second-order valence-corrected chi connectivity index (χ2v) is 9.75. The number of ether oxygens (including phenoxy) is 2. The van der Waals surface area contributed by atoms with E-state index in [2.05, 4.69) is 33.4 Å². The summed E-state index contributed by atoms with van der Waals surface area (Å²) in [6.07, 6.45) is 7.77. The Kier molecular flexibility index (Phi) is 7.16. The lowest BCUT2D eigenvalue weighted by Crippen LogP contribution is -2.43. The van der Waals surface area contributed by atoms with Crippen molar-refractivity contribution in [3.8, 4) is 0 Å². The summed E-state index contributed by atoms with van der Waals surface area (Å²) in [7, 11) is 0. The summed E-state index contributed by atoms with van der Waals surface area (Å²) in [6, 6.07) is 8.47. The van der Waals surface area contributed by atoms with Crippen molar-refractivity contribution in [2.24, 2.45) is 17.8 Å². The highest BCUT2D eigenvalue weighted by molar-refractivity contribution is 9.10. The molecule has 1 amide bonds. The smallest absolute Gasteiger partial charge is 0.286 e. The number of benzene rings is 1. The molecule has 1 heterocycles. The predicted molar refractivity (Wildman–Crippen MR) is 119 cm³/mol. The molecule has 2 fully saturated rings. The zero-order chi connectivity index (χ0) is 21.1. The Labute approximate surface area is 187 Å². The van der Waals surface area contributed by atoms with Gasteiger partial charge in [-0.05, 0) is 74.6 Å². The molecular weight excluding hydrogens is 446 g/mol. The fourth-order valence-corrected chi connectivity index (χ4v) is 5.76. The monoisotopic (exact) mass is 477 g/mol. The Morgan fingerprint density at radius 3 is 2.70 bits per heavy atom. The molecule has 6 atom stereocenters. The number of hydrogen-bond acceptors (Lipinski definition) is 4. The molecule has 1 aromatic carbocycles. The average molecular weight is 478 g/mol. The number of aliphatic hydroxyl groups is 1.